The van der Waals surface area contributed by atoms with Gasteiger partial charge in [0.1, 0.15) is 11.5 Å². The molecule has 8 heteroatoms. The number of urea groups is 1. The second-order valence-electron chi connectivity index (χ2n) is 8.41. The summed E-state index contributed by atoms with van der Waals surface area (Å²) < 4.78 is 30.7. The molecule has 0 saturated carbocycles. The maximum Gasteiger partial charge on any atom is 0.315 e. The quantitative estimate of drug-likeness (QED) is 0.838. The first kappa shape index (κ1) is 19.2. The number of nitrogens with one attached hydrogen (secondary N) is 2. The largest absolute Gasteiger partial charge is 0.466 e. The second kappa shape index (κ2) is 6.88. The van der Waals surface area contributed by atoms with Crippen LogP contribution < -0.4 is 10.6 Å². The Labute approximate surface area is 155 Å². The van der Waals surface area contributed by atoms with Crippen molar-refractivity contribution in [3.8, 4) is 0 Å². The third kappa shape index (κ3) is 4.40. The lowest BCUT2D eigenvalue weighted by molar-refractivity contribution is 0.205. The second-order valence-corrected chi connectivity index (χ2v) is 10.4. The number of piperidine rings is 1. The van der Waals surface area contributed by atoms with Crippen LogP contribution in [0.1, 0.15) is 56.2 Å². The average molecular weight is 384 g/mol. The van der Waals surface area contributed by atoms with Crippen LogP contribution in [0.3, 0.4) is 0 Å². The van der Waals surface area contributed by atoms with Gasteiger partial charge in [-0.05, 0) is 37.7 Å². The van der Waals surface area contributed by atoms with E-state index >= 15 is 0 Å². The first-order valence-corrected chi connectivity index (χ1v) is 11.0. The molecule has 1 aromatic rings. The Morgan fingerprint density at radius 2 is 2.08 bits per heavy atom. The zero-order chi connectivity index (χ0) is 19.1. The van der Waals surface area contributed by atoms with E-state index in [9.17, 15) is 13.2 Å². The average Bonchev–Trinajstić information content (AvgIpc) is 2.85. The number of sulfonamides is 1. The zero-order valence-electron chi connectivity index (χ0n) is 16.0. The van der Waals surface area contributed by atoms with Crippen LogP contribution in [0.4, 0.5) is 4.79 Å². The fourth-order valence-corrected chi connectivity index (χ4v) is 4.97. The Morgan fingerprint density at radius 3 is 2.77 bits per heavy atom. The summed E-state index contributed by atoms with van der Waals surface area (Å²) in [6, 6.07) is 1.49. The standard InChI is InChI=1S/C18H29N3O4S/c1-12-8-14-15(9-18(2,3)10-16(14)25-12)20-17(22)19-13-6-5-7-21(11-13)26(4,23)24/h8,13,15H,5-7,9-11H2,1-4H3,(H2,19,20,22). The predicted octanol–water partition coefficient (Wildman–Crippen LogP) is 2.32. The van der Waals surface area contributed by atoms with Crippen molar-refractivity contribution in [1.29, 1.82) is 0 Å². The van der Waals surface area contributed by atoms with E-state index < -0.39 is 10.0 Å². The number of carbonyl (C=O) groups excluding carboxylic acids is 1. The van der Waals surface area contributed by atoms with Gasteiger partial charge >= 0.3 is 6.03 Å². The Balaban J connectivity index is 1.65. The van der Waals surface area contributed by atoms with Gasteiger partial charge in [0, 0.05) is 31.1 Å². The monoisotopic (exact) mass is 383 g/mol. The van der Waals surface area contributed by atoms with Gasteiger partial charge < -0.3 is 15.1 Å². The number of amides is 2. The predicted molar refractivity (Wildman–Crippen MR) is 99.4 cm³/mol. The topological polar surface area (TPSA) is 91.7 Å². The van der Waals surface area contributed by atoms with Crippen molar-refractivity contribution in [2.24, 2.45) is 5.41 Å². The van der Waals surface area contributed by atoms with Gasteiger partial charge in [0.15, 0.2) is 0 Å². The third-order valence-corrected chi connectivity index (χ3v) is 6.50. The molecule has 146 valence electrons. The minimum atomic E-state index is -3.23. The van der Waals surface area contributed by atoms with Crippen LogP contribution in [-0.2, 0) is 16.4 Å². The summed E-state index contributed by atoms with van der Waals surface area (Å²) in [7, 11) is -3.23. The molecule has 2 amide bonds. The van der Waals surface area contributed by atoms with E-state index in [2.05, 4.69) is 24.5 Å². The van der Waals surface area contributed by atoms with Crippen LogP contribution in [0.5, 0.6) is 0 Å². The minimum Gasteiger partial charge on any atom is -0.466 e. The van der Waals surface area contributed by atoms with Crippen molar-refractivity contribution in [3.05, 3.63) is 23.2 Å². The highest BCUT2D eigenvalue weighted by atomic mass is 32.2. The molecule has 1 aliphatic heterocycles. The van der Waals surface area contributed by atoms with Crippen molar-refractivity contribution < 1.29 is 17.6 Å². The highest BCUT2D eigenvalue weighted by molar-refractivity contribution is 7.88. The molecule has 1 saturated heterocycles. The van der Waals surface area contributed by atoms with Crippen LogP contribution in [0.25, 0.3) is 0 Å². The Bertz CT molecular complexity index is 784. The molecule has 1 fully saturated rings. The van der Waals surface area contributed by atoms with E-state index in [-0.39, 0.29) is 23.5 Å². The van der Waals surface area contributed by atoms with Gasteiger partial charge in [-0.1, -0.05) is 13.8 Å². The minimum absolute atomic E-state index is 0.0488. The number of rotatable bonds is 3. The maximum absolute atomic E-state index is 12.5. The van der Waals surface area contributed by atoms with Crippen molar-refractivity contribution in [2.45, 2.75) is 58.5 Å². The molecule has 2 atom stereocenters. The van der Waals surface area contributed by atoms with E-state index in [0.717, 1.165) is 42.8 Å². The van der Waals surface area contributed by atoms with Crippen LogP contribution >= 0.6 is 0 Å². The van der Waals surface area contributed by atoms with Gasteiger partial charge in [0.25, 0.3) is 0 Å². The maximum atomic E-state index is 12.5. The van der Waals surface area contributed by atoms with E-state index in [1.165, 1.54) is 10.6 Å². The summed E-state index contributed by atoms with van der Waals surface area (Å²) in [5, 5.41) is 6.01. The van der Waals surface area contributed by atoms with Crippen molar-refractivity contribution in [3.63, 3.8) is 0 Å². The highest BCUT2D eigenvalue weighted by Crippen LogP contribution is 2.41. The summed E-state index contributed by atoms with van der Waals surface area (Å²) in [5.74, 6) is 1.81. The third-order valence-electron chi connectivity index (χ3n) is 5.23. The van der Waals surface area contributed by atoms with E-state index in [0.29, 0.717) is 13.1 Å². The number of hydrogen-bond acceptors (Lipinski definition) is 4. The number of carbonyl (C=O) groups is 1. The fraction of sp³-hybridized carbons (Fsp3) is 0.722. The molecular formula is C18H29N3O4S. The van der Waals surface area contributed by atoms with E-state index in [4.69, 9.17) is 4.42 Å². The van der Waals surface area contributed by atoms with Gasteiger partial charge in [-0.3, -0.25) is 0 Å². The summed E-state index contributed by atoms with van der Waals surface area (Å²) in [6.07, 6.45) is 4.45. The molecule has 0 radical (unpaired) electrons. The number of nitrogens with zero attached hydrogens (tertiary/aromatic N) is 1. The lowest BCUT2D eigenvalue weighted by Crippen LogP contribution is -2.52. The molecule has 0 aromatic carbocycles. The molecule has 3 rings (SSSR count). The normalized spacial score (nSPS) is 26.2. The molecule has 0 bridgehead atoms. The van der Waals surface area contributed by atoms with Crippen LogP contribution in [-0.4, -0.2) is 44.1 Å². The Hall–Kier alpha value is -1.54. The molecule has 7 nitrogen and oxygen atoms in total. The van der Waals surface area contributed by atoms with Gasteiger partial charge in [0.2, 0.25) is 10.0 Å². The van der Waals surface area contributed by atoms with Crippen molar-refractivity contribution in [1.82, 2.24) is 14.9 Å². The summed E-state index contributed by atoms with van der Waals surface area (Å²) in [5.41, 5.74) is 1.10. The fourth-order valence-electron chi connectivity index (χ4n) is 4.06. The number of hydrogen-bond donors (Lipinski definition) is 2. The molecule has 1 aromatic heterocycles. The summed E-state index contributed by atoms with van der Waals surface area (Å²) >= 11 is 0. The lowest BCUT2D eigenvalue weighted by atomic mass is 9.75. The first-order valence-electron chi connectivity index (χ1n) is 9.15. The van der Waals surface area contributed by atoms with Crippen molar-refractivity contribution >= 4 is 16.1 Å². The van der Waals surface area contributed by atoms with Crippen LogP contribution in [0.15, 0.2) is 10.5 Å². The molecule has 26 heavy (non-hydrogen) atoms. The number of aryl methyl sites for hydroxylation is 1. The molecular weight excluding hydrogens is 354 g/mol. The molecule has 0 spiro atoms. The molecule has 1 aliphatic carbocycles. The van der Waals surface area contributed by atoms with Gasteiger partial charge in [-0.15, -0.1) is 0 Å². The molecule has 2 aliphatic rings. The smallest absolute Gasteiger partial charge is 0.315 e. The first-order chi connectivity index (χ1) is 12.0. The number of furan rings is 1. The summed E-state index contributed by atoms with van der Waals surface area (Å²) in [6.45, 7) is 7.12. The van der Waals surface area contributed by atoms with Gasteiger partial charge in [-0.2, -0.15) is 0 Å². The molecule has 2 N–H and O–H groups in total. The van der Waals surface area contributed by atoms with Crippen molar-refractivity contribution in [2.75, 3.05) is 19.3 Å². The van der Waals surface area contributed by atoms with Gasteiger partial charge in [-0.25, -0.2) is 17.5 Å². The molecule has 2 heterocycles. The van der Waals surface area contributed by atoms with Gasteiger partial charge in [0.05, 0.1) is 12.3 Å². The van der Waals surface area contributed by atoms with Crippen LogP contribution in [0.2, 0.25) is 0 Å². The zero-order valence-corrected chi connectivity index (χ0v) is 16.8. The number of fused-ring (bicyclic) bond motifs is 1. The summed E-state index contributed by atoms with van der Waals surface area (Å²) in [4.78, 5) is 12.5. The Kier molecular flexibility index (Phi) is 5.09. The van der Waals surface area contributed by atoms with E-state index in [1.807, 2.05) is 13.0 Å². The molecule has 2 unspecified atom stereocenters. The Morgan fingerprint density at radius 1 is 1.35 bits per heavy atom. The van der Waals surface area contributed by atoms with E-state index in [1.54, 1.807) is 0 Å². The highest BCUT2D eigenvalue weighted by Gasteiger charge is 2.36. The lowest BCUT2D eigenvalue weighted by Gasteiger charge is -2.35. The van der Waals surface area contributed by atoms with Crippen LogP contribution in [0, 0.1) is 12.3 Å². The SMILES string of the molecule is Cc1cc2c(o1)CC(C)(C)CC2NC(=O)NC1CCCN(S(C)(=O)=O)C1.